The average molecular weight is 220 g/mol. The Balaban J connectivity index is 2.37. The second kappa shape index (κ2) is 4.26. The minimum absolute atomic E-state index is 0.0768. The summed E-state index contributed by atoms with van der Waals surface area (Å²) in [6, 6.07) is 7.13. The second-order valence-corrected chi connectivity index (χ2v) is 4.22. The topological polar surface area (TPSA) is 46.5 Å². The average Bonchev–Trinajstić information content (AvgIpc) is 2.33. The predicted octanol–water partition coefficient (Wildman–Crippen LogP) is 2.03. The first-order valence-corrected chi connectivity index (χ1v) is 5.57. The van der Waals surface area contributed by atoms with Gasteiger partial charge in [-0.05, 0) is 37.0 Å². The SMILES string of the molecule is COc1cccc(C2(O)CCCCC2=O)c1. The normalized spacial score (nSPS) is 25.5. The lowest BCUT2D eigenvalue weighted by molar-refractivity contribution is -0.142. The Bertz CT molecular complexity index is 400. The van der Waals surface area contributed by atoms with Gasteiger partial charge in [0.15, 0.2) is 5.78 Å². The fourth-order valence-electron chi connectivity index (χ4n) is 2.20. The van der Waals surface area contributed by atoms with Crippen LogP contribution in [0.4, 0.5) is 0 Å². The molecule has 0 aliphatic heterocycles. The molecule has 1 saturated carbocycles. The van der Waals surface area contributed by atoms with E-state index in [1.165, 1.54) is 0 Å². The summed E-state index contributed by atoms with van der Waals surface area (Å²) in [4.78, 5) is 11.8. The molecule has 1 aliphatic rings. The molecule has 0 spiro atoms. The molecule has 3 heteroatoms. The van der Waals surface area contributed by atoms with E-state index >= 15 is 0 Å². The number of rotatable bonds is 2. The first kappa shape index (κ1) is 11.1. The van der Waals surface area contributed by atoms with Gasteiger partial charge >= 0.3 is 0 Å². The van der Waals surface area contributed by atoms with Gasteiger partial charge in [-0.2, -0.15) is 0 Å². The molecule has 0 radical (unpaired) electrons. The van der Waals surface area contributed by atoms with Crippen LogP contribution >= 0.6 is 0 Å². The quantitative estimate of drug-likeness (QED) is 0.829. The number of Topliss-reactive ketones (excluding diaryl/α,β-unsaturated/α-hetero) is 1. The van der Waals surface area contributed by atoms with Gasteiger partial charge in [0, 0.05) is 6.42 Å². The summed E-state index contributed by atoms with van der Waals surface area (Å²) < 4.78 is 5.10. The molecule has 1 atom stereocenters. The number of ether oxygens (including phenoxy) is 1. The smallest absolute Gasteiger partial charge is 0.168 e. The predicted molar refractivity (Wildman–Crippen MR) is 60.4 cm³/mol. The monoisotopic (exact) mass is 220 g/mol. The Morgan fingerprint density at radius 1 is 1.38 bits per heavy atom. The number of hydrogen-bond acceptors (Lipinski definition) is 3. The molecule has 0 aromatic heterocycles. The number of carbonyl (C=O) groups is 1. The van der Waals surface area contributed by atoms with Gasteiger partial charge in [-0.1, -0.05) is 12.1 Å². The zero-order chi connectivity index (χ0) is 11.6. The lowest BCUT2D eigenvalue weighted by Crippen LogP contribution is -2.38. The van der Waals surface area contributed by atoms with Crippen molar-refractivity contribution in [1.82, 2.24) is 0 Å². The molecule has 0 saturated heterocycles. The van der Waals surface area contributed by atoms with Crippen LogP contribution in [-0.4, -0.2) is 18.0 Å². The Labute approximate surface area is 95.0 Å². The lowest BCUT2D eigenvalue weighted by atomic mass is 9.78. The van der Waals surface area contributed by atoms with Crippen molar-refractivity contribution in [2.75, 3.05) is 7.11 Å². The number of aliphatic hydroxyl groups is 1. The highest BCUT2D eigenvalue weighted by molar-refractivity contribution is 5.89. The molecule has 0 bridgehead atoms. The number of hydrogen-bond donors (Lipinski definition) is 1. The highest BCUT2D eigenvalue weighted by Crippen LogP contribution is 2.35. The van der Waals surface area contributed by atoms with Gasteiger partial charge in [-0.25, -0.2) is 0 Å². The van der Waals surface area contributed by atoms with Gasteiger partial charge in [0.2, 0.25) is 0 Å². The molecule has 1 N–H and O–H groups in total. The summed E-state index contributed by atoms with van der Waals surface area (Å²) in [5, 5.41) is 10.4. The molecule has 3 nitrogen and oxygen atoms in total. The van der Waals surface area contributed by atoms with Crippen LogP contribution in [0.2, 0.25) is 0 Å². The largest absolute Gasteiger partial charge is 0.497 e. The molecular formula is C13H16O3. The van der Waals surface area contributed by atoms with Crippen molar-refractivity contribution in [1.29, 1.82) is 0 Å². The Kier molecular flexibility index (Phi) is 2.97. The first-order chi connectivity index (χ1) is 7.66. The maximum atomic E-state index is 11.8. The number of ketones is 1. The molecule has 1 aromatic carbocycles. The first-order valence-electron chi connectivity index (χ1n) is 5.57. The van der Waals surface area contributed by atoms with Gasteiger partial charge in [-0.3, -0.25) is 4.79 Å². The minimum atomic E-state index is -1.30. The maximum Gasteiger partial charge on any atom is 0.168 e. The Morgan fingerprint density at radius 2 is 2.19 bits per heavy atom. The van der Waals surface area contributed by atoms with Crippen molar-refractivity contribution in [3.05, 3.63) is 29.8 Å². The van der Waals surface area contributed by atoms with Crippen molar-refractivity contribution in [2.45, 2.75) is 31.3 Å². The van der Waals surface area contributed by atoms with Gasteiger partial charge < -0.3 is 9.84 Å². The van der Waals surface area contributed by atoms with Crippen LogP contribution in [-0.2, 0) is 10.4 Å². The van der Waals surface area contributed by atoms with Gasteiger partial charge in [0.1, 0.15) is 11.4 Å². The molecule has 0 amide bonds. The number of methoxy groups -OCH3 is 1. The Morgan fingerprint density at radius 3 is 2.88 bits per heavy atom. The third kappa shape index (κ3) is 1.83. The van der Waals surface area contributed by atoms with E-state index < -0.39 is 5.60 Å². The highest BCUT2D eigenvalue weighted by atomic mass is 16.5. The molecule has 86 valence electrons. The third-order valence-corrected chi connectivity index (χ3v) is 3.20. The summed E-state index contributed by atoms with van der Waals surface area (Å²) in [5.74, 6) is 0.594. The minimum Gasteiger partial charge on any atom is -0.497 e. The summed E-state index contributed by atoms with van der Waals surface area (Å²) in [5.41, 5.74) is -0.649. The van der Waals surface area contributed by atoms with E-state index in [2.05, 4.69) is 0 Å². The van der Waals surface area contributed by atoms with Crippen molar-refractivity contribution in [3.63, 3.8) is 0 Å². The van der Waals surface area contributed by atoms with Gasteiger partial charge in [-0.15, -0.1) is 0 Å². The van der Waals surface area contributed by atoms with Crippen LogP contribution in [0.1, 0.15) is 31.2 Å². The van der Waals surface area contributed by atoms with E-state index in [1.54, 1.807) is 31.4 Å². The molecular weight excluding hydrogens is 204 g/mol. The summed E-state index contributed by atoms with van der Waals surface area (Å²) in [7, 11) is 1.58. The maximum absolute atomic E-state index is 11.8. The molecule has 0 heterocycles. The van der Waals surface area contributed by atoms with Crippen LogP contribution in [0, 0.1) is 0 Å². The number of benzene rings is 1. The second-order valence-electron chi connectivity index (χ2n) is 4.22. The van der Waals surface area contributed by atoms with E-state index in [-0.39, 0.29) is 5.78 Å². The fourth-order valence-corrected chi connectivity index (χ4v) is 2.20. The van der Waals surface area contributed by atoms with Gasteiger partial charge in [0.05, 0.1) is 7.11 Å². The van der Waals surface area contributed by atoms with Crippen molar-refractivity contribution in [2.24, 2.45) is 0 Å². The molecule has 1 unspecified atom stereocenters. The van der Waals surface area contributed by atoms with E-state index in [0.717, 1.165) is 12.8 Å². The van der Waals surface area contributed by atoms with Crippen LogP contribution in [0.25, 0.3) is 0 Å². The van der Waals surface area contributed by atoms with E-state index in [4.69, 9.17) is 4.74 Å². The summed E-state index contributed by atoms with van der Waals surface area (Å²) in [6.07, 6.45) is 2.75. The van der Waals surface area contributed by atoms with Crippen LogP contribution in [0.3, 0.4) is 0 Å². The van der Waals surface area contributed by atoms with Crippen molar-refractivity contribution in [3.8, 4) is 5.75 Å². The summed E-state index contributed by atoms with van der Waals surface area (Å²) >= 11 is 0. The third-order valence-electron chi connectivity index (χ3n) is 3.20. The molecule has 2 rings (SSSR count). The molecule has 1 aliphatic carbocycles. The van der Waals surface area contributed by atoms with Gasteiger partial charge in [0.25, 0.3) is 0 Å². The standard InChI is InChI=1S/C13H16O3/c1-16-11-6-4-5-10(9-11)13(15)8-3-2-7-12(13)14/h4-6,9,15H,2-3,7-8H2,1H3. The van der Waals surface area contributed by atoms with Crippen LogP contribution in [0.5, 0.6) is 5.75 Å². The molecule has 1 aromatic rings. The highest BCUT2D eigenvalue weighted by Gasteiger charge is 2.39. The summed E-state index contributed by atoms with van der Waals surface area (Å²) in [6.45, 7) is 0. The lowest BCUT2D eigenvalue weighted by Gasteiger charge is -2.31. The van der Waals surface area contributed by atoms with Crippen molar-refractivity contribution < 1.29 is 14.6 Å². The zero-order valence-corrected chi connectivity index (χ0v) is 9.40. The van der Waals surface area contributed by atoms with Crippen LogP contribution in [0.15, 0.2) is 24.3 Å². The fraction of sp³-hybridized carbons (Fsp3) is 0.462. The zero-order valence-electron chi connectivity index (χ0n) is 9.40. The van der Waals surface area contributed by atoms with E-state index in [1.807, 2.05) is 0 Å². The molecule has 16 heavy (non-hydrogen) atoms. The molecule has 1 fully saturated rings. The number of carbonyl (C=O) groups excluding carboxylic acids is 1. The van der Waals surface area contributed by atoms with E-state index in [9.17, 15) is 9.90 Å². The Hall–Kier alpha value is -1.35. The van der Waals surface area contributed by atoms with Crippen molar-refractivity contribution >= 4 is 5.78 Å². The van der Waals surface area contributed by atoms with Crippen LogP contribution < -0.4 is 4.74 Å². The van der Waals surface area contributed by atoms with E-state index in [0.29, 0.717) is 24.2 Å².